The highest BCUT2D eigenvalue weighted by Gasteiger charge is 2.11. The smallest absolute Gasteiger partial charge is 0.307 e. The molecule has 1 aromatic heterocycles. The Morgan fingerprint density at radius 2 is 2.27 bits per heavy atom. The summed E-state index contributed by atoms with van der Waals surface area (Å²) in [6, 6.07) is 3.87. The number of rotatable bonds is 2. The first-order valence-corrected chi connectivity index (χ1v) is 5.25. The minimum Gasteiger partial charge on any atom is -0.481 e. The molecule has 2 aromatic rings. The van der Waals surface area contributed by atoms with Crippen molar-refractivity contribution >= 4 is 32.9 Å². The second-order valence-corrected chi connectivity index (χ2v) is 4.31. The zero-order chi connectivity index (χ0) is 11.0. The molecule has 0 radical (unpaired) electrons. The summed E-state index contributed by atoms with van der Waals surface area (Å²) in [5, 5.41) is 9.60. The number of furan rings is 1. The fourth-order valence-corrected chi connectivity index (χ4v) is 2.25. The summed E-state index contributed by atoms with van der Waals surface area (Å²) in [6.07, 6.45) is 1.49. The third-order valence-electron chi connectivity index (χ3n) is 2.19. The van der Waals surface area contributed by atoms with Crippen LogP contribution in [0.2, 0.25) is 0 Å². The molecule has 0 unspecified atom stereocenters. The number of hydrogen-bond donors (Lipinski definition) is 1. The van der Waals surface area contributed by atoms with E-state index in [2.05, 4.69) is 15.9 Å². The molecule has 0 aliphatic rings. The van der Waals surface area contributed by atoms with Crippen molar-refractivity contribution in [1.29, 1.82) is 0 Å². The van der Waals surface area contributed by atoms with Gasteiger partial charge in [-0.3, -0.25) is 4.79 Å². The Morgan fingerprint density at radius 3 is 2.93 bits per heavy atom. The maximum absolute atomic E-state index is 10.6. The largest absolute Gasteiger partial charge is 0.481 e. The van der Waals surface area contributed by atoms with Crippen molar-refractivity contribution in [2.75, 3.05) is 0 Å². The summed E-state index contributed by atoms with van der Waals surface area (Å²) in [5.74, 6) is -0.852. The van der Waals surface area contributed by atoms with Crippen molar-refractivity contribution < 1.29 is 14.3 Å². The van der Waals surface area contributed by atoms with Gasteiger partial charge in [-0.2, -0.15) is 0 Å². The van der Waals surface area contributed by atoms with Gasteiger partial charge in [0, 0.05) is 10.9 Å². The molecule has 0 fully saturated rings. The fraction of sp³-hybridized carbons (Fsp3) is 0.182. The maximum atomic E-state index is 10.6. The first kappa shape index (κ1) is 10.2. The van der Waals surface area contributed by atoms with Crippen LogP contribution >= 0.6 is 15.9 Å². The summed E-state index contributed by atoms with van der Waals surface area (Å²) in [5.41, 5.74) is 2.49. The van der Waals surface area contributed by atoms with E-state index in [1.54, 1.807) is 0 Å². The molecular weight excluding hydrogens is 260 g/mol. The van der Waals surface area contributed by atoms with Crippen molar-refractivity contribution in [3.8, 4) is 0 Å². The second kappa shape index (κ2) is 3.70. The van der Waals surface area contributed by atoms with Crippen LogP contribution in [0.15, 0.2) is 27.3 Å². The lowest BCUT2D eigenvalue weighted by Crippen LogP contribution is -1.98. The summed E-state index contributed by atoms with van der Waals surface area (Å²) >= 11 is 3.39. The van der Waals surface area contributed by atoms with E-state index in [0.29, 0.717) is 11.1 Å². The number of carboxylic acid groups (broad SMARTS) is 1. The summed E-state index contributed by atoms with van der Waals surface area (Å²) < 4.78 is 6.18. The number of carbonyl (C=O) groups is 1. The Morgan fingerprint density at radius 1 is 1.53 bits per heavy atom. The minimum atomic E-state index is -0.852. The third kappa shape index (κ3) is 1.90. The van der Waals surface area contributed by atoms with Gasteiger partial charge < -0.3 is 9.52 Å². The van der Waals surface area contributed by atoms with Gasteiger partial charge in [-0.05, 0) is 40.5 Å². The fourth-order valence-electron chi connectivity index (χ4n) is 1.58. The molecule has 1 heterocycles. The molecule has 0 amide bonds. The molecule has 3 nitrogen and oxygen atoms in total. The number of halogens is 1. The van der Waals surface area contributed by atoms with E-state index >= 15 is 0 Å². The Kier molecular flexibility index (Phi) is 2.52. The average Bonchev–Trinajstić information content (AvgIpc) is 2.48. The van der Waals surface area contributed by atoms with Crippen LogP contribution in [0.3, 0.4) is 0 Å². The van der Waals surface area contributed by atoms with Gasteiger partial charge in [0.15, 0.2) is 0 Å². The predicted octanol–water partition coefficient (Wildman–Crippen LogP) is 3.13. The highest BCUT2D eigenvalue weighted by atomic mass is 79.9. The standard InChI is InChI=1S/C11H9BrO3/c1-6-2-8-7(4-10(13)14)5-15-11(8)9(12)3-6/h2-3,5H,4H2,1H3,(H,13,14). The first-order valence-electron chi connectivity index (χ1n) is 4.46. The topological polar surface area (TPSA) is 50.4 Å². The van der Waals surface area contributed by atoms with Crippen molar-refractivity contribution in [3.63, 3.8) is 0 Å². The lowest BCUT2D eigenvalue weighted by atomic mass is 10.1. The Hall–Kier alpha value is -1.29. The average molecular weight is 269 g/mol. The lowest BCUT2D eigenvalue weighted by Gasteiger charge is -1.97. The van der Waals surface area contributed by atoms with Crippen molar-refractivity contribution in [2.24, 2.45) is 0 Å². The van der Waals surface area contributed by atoms with Gasteiger partial charge >= 0.3 is 5.97 Å². The van der Waals surface area contributed by atoms with E-state index < -0.39 is 5.97 Å². The quantitative estimate of drug-likeness (QED) is 0.911. The van der Waals surface area contributed by atoms with Crippen LogP contribution < -0.4 is 0 Å². The molecular formula is C11H9BrO3. The number of aryl methyl sites for hydroxylation is 1. The normalized spacial score (nSPS) is 10.8. The molecule has 1 N–H and O–H groups in total. The molecule has 1 aromatic carbocycles. The Balaban J connectivity index is 2.63. The lowest BCUT2D eigenvalue weighted by molar-refractivity contribution is -0.136. The van der Waals surface area contributed by atoms with Crippen LogP contribution in [0.25, 0.3) is 11.0 Å². The number of fused-ring (bicyclic) bond motifs is 1. The number of carboxylic acids is 1. The van der Waals surface area contributed by atoms with Crippen LogP contribution in [-0.2, 0) is 11.2 Å². The second-order valence-electron chi connectivity index (χ2n) is 3.45. The van der Waals surface area contributed by atoms with Crippen LogP contribution in [-0.4, -0.2) is 11.1 Å². The number of benzene rings is 1. The highest BCUT2D eigenvalue weighted by Crippen LogP contribution is 2.29. The van der Waals surface area contributed by atoms with Crippen molar-refractivity contribution in [2.45, 2.75) is 13.3 Å². The third-order valence-corrected chi connectivity index (χ3v) is 2.78. The molecule has 0 atom stereocenters. The zero-order valence-corrected chi connectivity index (χ0v) is 9.67. The summed E-state index contributed by atoms with van der Waals surface area (Å²) in [4.78, 5) is 10.6. The van der Waals surface area contributed by atoms with E-state index in [0.717, 1.165) is 15.4 Å². The van der Waals surface area contributed by atoms with E-state index in [1.807, 2.05) is 19.1 Å². The molecule has 0 aliphatic heterocycles. The molecule has 2 rings (SSSR count). The Labute approximate surface area is 94.8 Å². The molecule has 0 spiro atoms. The minimum absolute atomic E-state index is 0.0110. The van der Waals surface area contributed by atoms with Crippen molar-refractivity contribution in [1.82, 2.24) is 0 Å². The summed E-state index contributed by atoms with van der Waals surface area (Å²) in [7, 11) is 0. The van der Waals surface area contributed by atoms with Gasteiger partial charge in [-0.15, -0.1) is 0 Å². The maximum Gasteiger partial charge on any atom is 0.307 e. The Bertz CT molecular complexity index is 528. The molecule has 78 valence electrons. The molecule has 15 heavy (non-hydrogen) atoms. The molecule has 4 heteroatoms. The highest BCUT2D eigenvalue weighted by molar-refractivity contribution is 9.10. The van der Waals surface area contributed by atoms with Gasteiger partial charge in [0.05, 0.1) is 17.2 Å². The molecule has 0 saturated heterocycles. The van der Waals surface area contributed by atoms with Gasteiger partial charge in [-0.25, -0.2) is 0 Å². The van der Waals surface area contributed by atoms with E-state index in [-0.39, 0.29) is 6.42 Å². The zero-order valence-electron chi connectivity index (χ0n) is 8.08. The van der Waals surface area contributed by atoms with Gasteiger partial charge in [0.1, 0.15) is 5.58 Å². The van der Waals surface area contributed by atoms with Crippen molar-refractivity contribution in [3.05, 3.63) is 34.0 Å². The monoisotopic (exact) mass is 268 g/mol. The molecule has 0 aliphatic carbocycles. The van der Waals surface area contributed by atoms with Crippen LogP contribution in [0.4, 0.5) is 0 Å². The van der Waals surface area contributed by atoms with E-state index in [1.165, 1.54) is 6.26 Å². The van der Waals surface area contributed by atoms with Crippen LogP contribution in [0, 0.1) is 6.92 Å². The van der Waals surface area contributed by atoms with Crippen LogP contribution in [0.1, 0.15) is 11.1 Å². The van der Waals surface area contributed by atoms with Gasteiger partial charge in [-0.1, -0.05) is 0 Å². The predicted molar refractivity (Wildman–Crippen MR) is 60.0 cm³/mol. The summed E-state index contributed by atoms with van der Waals surface area (Å²) in [6.45, 7) is 1.96. The first-order chi connectivity index (χ1) is 7.08. The SMILES string of the molecule is Cc1cc(Br)c2occ(CC(=O)O)c2c1. The van der Waals surface area contributed by atoms with E-state index in [9.17, 15) is 4.79 Å². The van der Waals surface area contributed by atoms with Crippen LogP contribution in [0.5, 0.6) is 0 Å². The molecule has 0 bridgehead atoms. The van der Waals surface area contributed by atoms with Gasteiger partial charge in [0.25, 0.3) is 0 Å². The number of hydrogen-bond acceptors (Lipinski definition) is 2. The van der Waals surface area contributed by atoms with Gasteiger partial charge in [0.2, 0.25) is 0 Å². The molecule has 0 saturated carbocycles. The number of aliphatic carboxylic acids is 1. The van der Waals surface area contributed by atoms with E-state index in [4.69, 9.17) is 9.52 Å².